The number of nitrogens with one attached hydrogen (secondary N) is 2. The van der Waals surface area contributed by atoms with E-state index in [0.29, 0.717) is 24.9 Å². The van der Waals surface area contributed by atoms with Gasteiger partial charge in [0, 0.05) is 24.1 Å². The zero-order valence-corrected chi connectivity index (χ0v) is 26.3. The third kappa shape index (κ3) is 9.07. The lowest BCUT2D eigenvalue weighted by Crippen LogP contribution is -2.47. The lowest BCUT2D eigenvalue weighted by molar-refractivity contribution is -0.148. The highest BCUT2D eigenvalue weighted by atomic mass is 35.5. The summed E-state index contributed by atoms with van der Waals surface area (Å²) in [5.41, 5.74) is 1.40. The van der Waals surface area contributed by atoms with Crippen molar-refractivity contribution in [3.63, 3.8) is 0 Å². The van der Waals surface area contributed by atoms with Crippen LogP contribution < -0.4 is 10.6 Å². The predicted octanol–water partition coefficient (Wildman–Crippen LogP) is 6.54. The van der Waals surface area contributed by atoms with Crippen LogP contribution in [0.1, 0.15) is 69.8 Å². The van der Waals surface area contributed by atoms with Gasteiger partial charge in [-0.1, -0.05) is 60.8 Å². The predicted molar refractivity (Wildman–Crippen MR) is 164 cm³/mol. The molecule has 0 spiro atoms. The molecule has 8 nitrogen and oxygen atoms in total. The molecule has 2 atom stereocenters. The number of halogens is 2. The fourth-order valence-corrected chi connectivity index (χ4v) is 5.54. The molecule has 42 heavy (non-hydrogen) atoms. The number of hydrogen-bond donors (Lipinski definition) is 2. The Hall–Kier alpha value is -3.36. The molecule has 226 valence electrons. The molecule has 1 unspecified atom stereocenters. The van der Waals surface area contributed by atoms with Gasteiger partial charge < -0.3 is 20.1 Å². The van der Waals surface area contributed by atoms with Gasteiger partial charge in [-0.3, -0.25) is 9.59 Å². The molecule has 0 bridgehead atoms. The Morgan fingerprint density at radius 2 is 1.67 bits per heavy atom. The molecule has 1 aliphatic rings. The molecule has 10 heteroatoms. The molecule has 3 rings (SSSR count). The lowest BCUT2D eigenvalue weighted by Gasteiger charge is -2.37. The van der Waals surface area contributed by atoms with Crippen molar-refractivity contribution in [3.05, 3.63) is 75.3 Å². The normalized spacial score (nSPS) is 18.1. The minimum Gasteiger partial charge on any atom is -0.467 e. The summed E-state index contributed by atoms with van der Waals surface area (Å²) in [6, 6.07) is 10.8. The van der Waals surface area contributed by atoms with Crippen molar-refractivity contribution in [1.82, 2.24) is 5.32 Å². The van der Waals surface area contributed by atoms with E-state index in [4.69, 9.17) is 32.7 Å². The minimum atomic E-state index is -0.897. The number of ether oxygens (including phenoxy) is 2. The summed E-state index contributed by atoms with van der Waals surface area (Å²) in [4.78, 5) is 50.9. The summed E-state index contributed by atoms with van der Waals surface area (Å²) in [6.45, 7) is 9.45. The summed E-state index contributed by atoms with van der Waals surface area (Å²) in [6.07, 6.45) is 3.38. The van der Waals surface area contributed by atoms with Gasteiger partial charge in [0.2, 0.25) is 5.91 Å². The van der Waals surface area contributed by atoms with Gasteiger partial charge in [-0.15, -0.1) is 0 Å². The standard InChI is InChI=1S/C32H38Cl2N2O6/c1-31(2,3)42-26(37)17-21-13-12-20(18-32(21,4)5)28(38)36-25(30(40)41-6)16-19-10-14-22(15-11-19)35-29(39)27-23(33)8-7-9-24(27)34/h7-11,14-15,17,20,25H,12-13,16,18H2,1-6H3,(H,35,39)(H,36,38)/t20?,25-/m0/s1. The number of hydrogen-bond acceptors (Lipinski definition) is 6. The molecule has 2 amide bonds. The van der Waals surface area contributed by atoms with E-state index in [1.54, 1.807) is 48.5 Å². The van der Waals surface area contributed by atoms with Gasteiger partial charge in [-0.25, -0.2) is 9.59 Å². The number of benzene rings is 2. The molecule has 0 heterocycles. The third-order valence-corrected chi connectivity index (χ3v) is 7.73. The van der Waals surface area contributed by atoms with Crippen molar-refractivity contribution in [3.8, 4) is 0 Å². The van der Waals surface area contributed by atoms with Gasteiger partial charge in [-0.05, 0) is 75.3 Å². The molecule has 1 saturated carbocycles. The molecule has 0 aromatic heterocycles. The van der Waals surface area contributed by atoms with E-state index < -0.39 is 34.9 Å². The average molecular weight is 618 g/mol. The second-order valence-electron chi connectivity index (χ2n) is 12.1. The number of methoxy groups -OCH3 is 1. The summed E-state index contributed by atoms with van der Waals surface area (Å²) in [5, 5.41) is 6.11. The van der Waals surface area contributed by atoms with Gasteiger partial charge in [-0.2, -0.15) is 0 Å². The topological polar surface area (TPSA) is 111 Å². The molecule has 1 fully saturated rings. The zero-order valence-electron chi connectivity index (χ0n) is 24.8. The number of anilines is 1. The van der Waals surface area contributed by atoms with Gasteiger partial charge in [0.25, 0.3) is 5.91 Å². The molecular formula is C32H38Cl2N2O6. The van der Waals surface area contributed by atoms with Crippen LogP contribution in [0.2, 0.25) is 10.0 Å². The van der Waals surface area contributed by atoms with E-state index in [2.05, 4.69) is 10.6 Å². The Kier molecular flexibility index (Phi) is 10.8. The molecular weight excluding hydrogens is 579 g/mol. The van der Waals surface area contributed by atoms with Crippen LogP contribution in [0.25, 0.3) is 0 Å². The third-order valence-electron chi connectivity index (χ3n) is 7.10. The van der Waals surface area contributed by atoms with E-state index in [0.717, 1.165) is 11.1 Å². The quantitative estimate of drug-likeness (QED) is 0.257. The highest BCUT2D eigenvalue weighted by molar-refractivity contribution is 6.40. The first-order valence-electron chi connectivity index (χ1n) is 13.8. The van der Waals surface area contributed by atoms with Crippen LogP contribution in [0.15, 0.2) is 54.1 Å². The van der Waals surface area contributed by atoms with Crippen LogP contribution in [0, 0.1) is 11.3 Å². The maximum atomic E-state index is 13.3. The van der Waals surface area contributed by atoms with Crippen LogP contribution in [-0.2, 0) is 30.3 Å². The summed E-state index contributed by atoms with van der Waals surface area (Å²) < 4.78 is 10.4. The van der Waals surface area contributed by atoms with Gasteiger partial charge in [0.15, 0.2) is 0 Å². The van der Waals surface area contributed by atoms with E-state index >= 15 is 0 Å². The van der Waals surface area contributed by atoms with E-state index in [9.17, 15) is 19.2 Å². The van der Waals surface area contributed by atoms with E-state index in [-0.39, 0.29) is 33.9 Å². The van der Waals surface area contributed by atoms with E-state index in [1.807, 2.05) is 34.6 Å². The Morgan fingerprint density at radius 1 is 1.05 bits per heavy atom. The van der Waals surface area contributed by atoms with Gasteiger partial charge in [0.1, 0.15) is 11.6 Å². The number of rotatable bonds is 8. The van der Waals surface area contributed by atoms with Crippen molar-refractivity contribution in [2.75, 3.05) is 12.4 Å². The second kappa shape index (κ2) is 13.7. The monoisotopic (exact) mass is 616 g/mol. The van der Waals surface area contributed by atoms with Crippen LogP contribution in [0.4, 0.5) is 5.69 Å². The van der Waals surface area contributed by atoms with Crippen LogP contribution in [0.3, 0.4) is 0 Å². The first-order valence-corrected chi connectivity index (χ1v) is 14.5. The van der Waals surface area contributed by atoms with Crippen molar-refractivity contribution >= 4 is 52.6 Å². The lowest BCUT2D eigenvalue weighted by atomic mass is 9.68. The fraction of sp³-hybridized carbons (Fsp3) is 0.438. The zero-order chi connectivity index (χ0) is 31.2. The van der Waals surface area contributed by atoms with Crippen molar-refractivity contribution in [2.24, 2.45) is 11.3 Å². The fourth-order valence-electron chi connectivity index (χ4n) is 4.98. The maximum Gasteiger partial charge on any atom is 0.331 e. The highest BCUT2D eigenvalue weighted by Gasteiger charge is 2.37. The van der Waals surface area contributed by atoms with Crippen LogP contribution in [-0.4, -0.2) is 42.5 Å². The van der Waals surface area contributed by atoms with Crippen molar-refractivity contribution in [2.45, 2.75) is 71.9 Å². The number of allylic oxidation sites excluding steroid dienone is 1. The Labute approximate surface area is 257 Å². The van der Waals surface area contributed by atoms with Crippen molar-refractivity contribution in [1.29, 1.82) is 0 Å². The molecule has 2 aromatic carbocycles. The number of amides is 2. The largest absolute Gasteiger partial charge is 0.467 e. The van der Waals surface area contributed by atoms with Crippen molar-refractivity contribution < 1.29 is 28.7 Å². The summed E-state index contributed by atoms with van der Waals surface area (Å²) in [5.74, 6) is -1.97. The molecule has 0 saturated heterocycles. The number of carbonyl (C=O) groups is 4. The summed E-state index contributed by atoms with van der Waals surface area (Å²) >= 11 is 12.3. The molecule has 0 radical (unpaired) electrons. The first kappa shape index (κ1) is 33.1. The Morgan fingerprint density at radius 3 is 2.21 bits per heavy atom. The molecule has 0 aliphatic heterocycles. The molecule has 2 N–H and O–H groups in total. The second-order valence-corrected chi connectivity index (χ2v) is 12.9. The number of esters is 2. The SMILES string of the molecule is COC(=O)[C@H](Cc1ccc(NC(=O)c2c(Cl)cccc2Cl)cc1)NC(=O)C1CCC(=CC(=O)OC(C)(C)C)C(C)(C)C1. The van der Waals surface area contributed by atoms with Gasteiger partial charge in [0.05, 0.1) is 22.7 Å². The Bertz CT molecular complexity index is 1340. The first-order chi connectivity index (χ1) is 19.6. The molecule has 2 aromatic rings. The molecule has 1 aliphatic carbocycles. The average Bonchev–Trinajstić information content (AvgIpc) is 2.88. The minimum absolute atomic E-state index is 0.178. The number of carbonyl (C=O) groups excluding carboxylic acids is 4. The maximum absolute atomic E-state index is 13.3. The van der Waals surface area contributed by atoms with Crippen LogP contribution >= 0.6 is 23.2 Å². The summed E-state index contributed by atoms with van der Waals surface area (Å²) in [7, 11) is 1.28. The highest BCUT2D eigenvalue weighted by Crippen LogP contribution is 2.43. The van der Waals surface area contributed by atoms with E-state index in [1.165, 1.54) is 7.11 Å². The Balaban J connectivity index is 1.64. The van der Waals surface area contributed by atoms with Gasteiger partial charge >= 0.3 is 11.9 Å². The van der Waals surface area contributed by atoms with Crippen LogP contribution in [0.5, 0.6) is 0 Å². The smallest absolute Gasteiger partial charge is 0.331 e.